The minimum absolute atomic E-state index is 0.212. The molecule has 3 rings (SSSR count). The third-order valence-electron chi connectivity index (χ3n) is 6.77. The Balaban J connectivity index is 1.97. The zero-order valence-corrected chi connectivity index (χ0v) is 16.0. The Bertz CT molecular complexity index is 694. The molecule has 2 unspecified atom stereocenters. The van der Waals surface area contributed by atoms with E-state index in [0.717, 1.165) is 5.57 Å². The number of esters is 2. The van der Waals surface area contributed by atoms with Crippen LogP contribution in [0.1, 0.15) is 40.0 Å². The first-order valence-corrected chi connectivity index (χ1v) is 9.28. The SMILES string of the molecule is C=C1C(=O)O[C@H]2[C@H]1[C@H](OC(=O)C(C)(O)C(C)O)C[C@@]1(C)[C@H](O)CCC(=C)[C@H]21. The number of hydrogen-bond donors (Lipinski definition) is 3. The third kappa shape index (κ3) is 2.92. The van der Waals surface area contributed by atoms with Crippen molar-refractivity contribution in [2.75, 3.05) is 0 Å². The second-order valence-electron chi connectivity index (χ2n) is 8.59. The highest BCUT2D eigenvalue weighted by Crippen LogP contribution is 2.58. The second kappa shape index (κ2) is 6.43. The Hall–Kier alpha value is -1.70. The van der Waals surface area contributed by atoms with Crippen LogP contribution in [0.4, 0.5) is 0 Å². The molecule has 8 atom stereocenters. The van der Waals surface area contributed by atoms with Gasteiger partial charge in [0, 0.05) is 16.9 Å². The summed E-state index contributed by atoms with van der Waals surface area (Å²) in [7, 11) is 0. The molecule has 3 aliphatic rings. The minimum atomic E-state index is -2.09. The number of aliphatic hydroxyl groups is 3. The quantitative estimate of drug-likeness (QED) is 0.378. The lowest BCUT2D eigenvalue weighted by molar-refractivity contribution is -0.197. The molecule has 0 aromatic heterocycles. The zero-order chi connectivity index (χ0) is 20.3. The van der Waals surface area contributed by atoms with Gasteiger partial charge in [-0.3, -0.25) is 0 Å². The normalized spacial score (nSPS) is 41.9. The summed E-state index contributed by atoms with van der Waals surface area (Å²) >= 11 is 0. The van der Waals surface area contributed by atoms with Crippen molar-refractivity contribution in [2.24, 2.45) is 17.3 Å². The van der Waals surface area contributed by atoms with E-state index in [1.165, 1.54) is 13.8 Å². The predicted octanol–water partition coefficient (Wildman–Crippen LogP) is 0.865. The van der Waals surface area contributed by atoms with Crippen molar-refractivity contribution in [3.63, 3.8) is 0 Å². The summed E-state index contributed by atoms with van der Waals surface area (Å²) in [6, 6.07) is 0. The van der Waals surface area contributed by atoms with Gasteiger partial charge in [0.05, 0.1) is 18.1 Å². The molecule has 27 heavy (non-hydrogen) atoms. The maximum absolute atomic E-state index is 12.5. The van der Waals surface area contributed by atoms with Crippen LogP contribution in [0.15, 0.2) is 24.3 Å². The van der Waals surface area contributed by atoms with Crippen molar-refractivity contribution in [3.05, 3.63) is 24.3 Å². The molecule has 7 nitrogen and oxygen atoms in total. The molecule has 0 spiro atoms. The minimum Gasteiger partial charge on any atom is -0.459 e. The Morgan fingerprint density at radius 3 is 2.67 bits per heavy atom. The monoisotopic (exact) mass is 380 g/mol. The van der Waals surface area contributed by atoms with Crippen molar-refractivity contribution in [1.29, 1.82) is 0 Å². The molecule has 2 saturated carbocycles. The van der Waals surface area contributed by atoms with E-state index in [-0.39, 0.29) is 17.9 Å². The van der Waals surface area contributed by atoms with Gasteiger partial charge >= 0.3 is 11.9 Å². The van der Waals surface area contributed by atoms with Crippen LogP contribution in [0.3, 0.4) is 0 Å². The van der Waals surface area contributed by atoms with Crippen molar-refractivity contribution in [3.8, 4) is 0 Å². The summed E-state index contributed by atoms with van der Waals surface area (Å²) < 4.78 is 11.1. The number of fused-ring (bicyclic) bond motifs is 3. The fraction of sp³-hybridized carbons (Fsp3) is 0.700. The van der Waals surface area contributed by atoms with E-state index in [1.54, 1.807) is 0 Å². The lowest BCUT2D eigenvalue weighted by Crippen LogP contribution is -2.59. The van der Waals surface area contributed by atoms with E-state index in [1.807, 2.05) is 6.92 Å². The molecular formula is C20H28O7. The molecule has 0 aromatic rings. The van der Waals surface area contributed by atoms with Crippen LogP contribution >= 0.6 is 0 Å². The van der Waals surface area contributed by atoms with Gasteiger partial charge in [-0.1, -0.05) is 25.7 Å². The molecule has 0 amide bonds. The van der Waals surface area contributed by atoms with E-state index in [9.17, 15) is 24.9 Å². The summed E-state index contributed by atoms with van der Waals surface area (Å²) in [6.45, 7) is 12.3. The van der Waals surface area contributed by atoms with Crippen molar-refractivity contribution >= 4 is 11.9 Å². The second-order valence-corrected chi connectivity index (χ2v) is 8.59. The number of ether oxygens (including phenoxy) is 2. The highest BCUT2D eigenvalue weighted by Gasteiger charge is 2.62. The summed E-state index contributed by atoms with van der Waals surface area (Å²) in [6.07, 6.45) is -2.00. The molecule has 0 aromatic carbocycles. The Morgan fingerprint density at radius 1 is 1.44 bits per heavy atom. The van der Waals surface area contributed by atoms with E-state index in [0.29, 0.717) is 12.8 Å². The van der Waals surface area contributed by atoms with Crippen molar-refractivity contribution in [1.82, 2.24) is 0 Å². The summed E-state index contributed by atoms with van der Waals surface area (Å²) in [5.41, 5.74) is -1.67. The summed E-state index contributed by atoms with van der Waals surface area (Å²) in [4.78, 5) is 24.7. The van der Waals surface area contributed by atoms with Crippen LogP contribution in [-0.4, -0.2) is 57.3 Å². The Kier molecular flexibility index (Phi) is 4.77. The standard InChI is InChI=1S/C20H28O7/c1-9-6-7-13(22)19(4)8-12(26-18(24)20(5,25)11(3)21)14-10(2)17(23)27-16(14)15(9)19/h11-16,21-22,25H,1-2,6-8H2,3-5H3/t11?,12-,13-,14-,15-,16+,19+,20?/m1/s1. The van der Waals surface area contributed by atoms with Crippen LogP contribution in [0, 0.1) is 17.3 Å². The fourth-order valence-corrected chi connectivity index (χ4v) is 4.77. The van der Waals surface area contributed by atoms with Crippen LogP contribution in [0.2, 0.25) is 0 Å². The van der Waals surface area contributed by atoms with E-state index in [4.69, 9.17) is 9.47 Å². The molecule has 0 bridgehead atoms. The van der Waals surface area contributed by atoms with Gasteiger partial charge in [0.15, 0.2) is 5.60 Å². The predicted molar refractivity (Wildman–Crippen MR) is 95.3 cm³/mol. The van der Waals surface area contributed by atoms with Crippen LogP contribution in [0.25, 0.3) is 0 Å². The van der Waals surface area contributed by atoms with Crippen LogP contribution in [0.5, 0.6) is 0 Å². The first kappa shape index (κ1) is 20.0. The number of carbonyl (C=O) groups excluding carboxylic acids is 2. The van der Waals surface area contributed by atoms with E-state index < -0.39 is 53.3 Å². The van der Waals surface area contributed by atoms with Gasteiger partial charge in [0.1, 0.15) is 12.2 Å². The summed E-state index contributed by atoms with van der Waals surface area (Å²) in [5, 5.41) is 30.6. The van der Waals surface area contributed by atoms with Gasteiger partial charge in [-0.05, 0) is 33.1 Å². The van der Waals surface area contributed by atoms with Crippen LogP contribution in [-0.2, 0) is 19.1 Å². The molecule has 0 radical (unpaired) electrons. The highest BCUT2D eigenvalue weighted by molar-refractivity contribution is 5.91. The maximum Gasteiger partial charge on any atom is 0.340 e. The van der Waals surface area contributed by atoms with Gasteiger partial charge in [-0.15, -0.1) is 0 Å². The van der Waals surface area contributed by atoms with Gasteiger partial charge in [0.2, 0.25) is 0 Å². The van der Waals surface area contributed by atoms with Gasteiger partial charge < -0.3 is 24.8 Å². The molecule has 2 aliphatic carbocycles. The third-order valence-corrected chi connectivity index (χ3v) is 6.77. The summed E-state index contributed by atoms with van der Waals surface area (Å²) in [5.74, 6) is -2.38. The maximum atomic E-state index is 12.5. The van der Waals surface area contributed by atoms with Gasteiger partial charge in [-0.2, -0.15) is 0 Å². The average molecular weight is 380 g/mol. The highest BCUT2D eigenvalue weighted by atomic mass is 16.6. The molecule has 7 heteroatoms. The Morgan fingerprint density at radius 2 is 2.07 bits per heavy atom. The van der Waals surface area contributed by atoms with Crippen molar-refractivity contribution < 1.29 is 34.4 Å². The largest absolute Gasteiger partial charge is 0.459 e. The topological polar surface area (TPSA) is 113 Å². The Labute approximate surface area is 158 Å². The molecule has 1 saturated heterocycles. The number of carbonyl (C=O) groups is 2. The molecule has 150 valence electrons. The first-order chi connectivity index (χ1) is 12.4. The van der Waals surface area contributed by atoms with Gasteiger partial charge in [0.25, 0.3) is 0 Å². The molecule has 3 fully saturated rings. The number of aliphatic hydroxyl groups excluding tert-OH is 2. The zero-order valence-electron chi connectivity index (χ0n) is 16.0. The first-order valence-electron chi connectivity index (χ1n) is 9.28. The average Bonchev–Trinajstić information content (AvgIpc) is 2.86. The van der Waals surface area contributed by atoms with Gasteiger partial charge in [-0.25, -0.2) is 9.59 Å². The lowest BCUT2D eigenvalue weighted by atomic mass is 9.53. The van der Waals surface area contributed by atoms with E-state index >= 15 is 0 Å². The van der Waals surface area contributed by atoms with Crippen LogP contribution < -0.4 is 0 Å². The lowest BCUT2D eigenvalue weighted by Gasteiger charge is -2.54. The molecular weight excluding hydrogens is 352 g/mol. The number of hydrogen-bond acceptors (Lipinski definition) is 7. The van der Waals surface area contributed by atoms with Crippen molar-refractivity contribution in [2.45, 2.75) is 70.1 Å². The van der Waals surface area contributed by atoms with E-state index in [2.05, 4.69) is 13.2 Å². The fourth-order valence-electron chi connectivity index (χ4n) is 4.77. The number of rotatable bonds is 3. The molecule has 3 N–H and O–H groups in total. The molecule has 1 heterocycles. The smallest absolute Gasteiger partial charge is 0.340 e. The molecule has 1 aliphatic heterocycles.